The number of hydrogen-bond donors (Lipinski definition) is 0. The molecule has 2 rings (SSSR count). The number of alkyl halides is 1. The first-order valence-electron chi connectivity index (χ1n) is 4.43. The molecule has 1 aliphatic rings. The Morgan fingerprint density at radius 1 is 1.50 bits per heavy atom. The van der Waals surface area contributed by atoms with Crippen LogP contribution in [0, 0.1) is 0 Å². The summed E-state index contributed by atoms with van der Waals surface area (Å²) in [5, 5.41) is 3.84. The highest BCUT2D eigenvalue weighted by Gasteiger charge is 2.28. The molecule has 1 heterocycles. The average molecular weight is 212 g/mol. The Hall–Kier alpha value is -0.960. The summed E-state index contributed by atoms with van der Waals surface area (Å²) in [5.74, 6) is -0.344. The molecule has 0 bridgehead atoms. The monoisotopic (exact) mass is 212 g/mol. The van der Waals surface area contributed by atoms with Crippen LogP contribution in [0.1, 0.15) is 12.0 Å². The van der Waals surface area contributed by atoms with E-state index in [1.807, 2.05) is 16.8 Å². The van der Waals surface area contributed by atoms with E-state index >= 15 is 0 Å². The van der Waals surface area contributed by atoms with Crippen molar-refractivity contribution in [3.05, 3.63) is 46.4 Å². The smallest absolute Gasteiger partial charge is 0.137 e. The first-order valence-corrected chi connectivity index (χ1v) is 5.37. The van der Waals surface area contributed by atoms with Crippen molar-refractivity contribution in [3.63, 3.8) is 0 Å². The van der Waals surface area contributed by atoms with Gasteiger partial charge in [0.25, 0.3) is 0 Å². The van der Waals surface area contributed by atoms with E-state index in [0.717, 1.165) is 5.56 Å². The fourth-order valence-corrected chi connectivity index (χ4v) is 2.16. The fraction of sp³-hybridized carbons (Fsp3) is 0.273. The van der Waals surface area contributed by atoms with Gasteiger partial charge in [0.1, 0.15) is 11.5 Å². The lowest BCUT2D eigenvalue weighted by molar-refractivity contribution is 0.228. The highest BCUT2D eigenvalue weighted by molar-refractivity contribution is 7.07. The summed E-state index contributed by atoms with van der Waals surface area (Å²) >= 11 is 1.55. The van der Waals surface area contributed by atoms with Gasteiger partial charge < -0.3 is 0 Å². The highest BCUT2D eigenvalue weighted by Crippen LogP contribution is 2.29. The third kappa shape index (κ3) is 2.10. The number of hydrogen-bond acceptors (Lipinski definition) is 1. The molecule has 0 radical (unpaired) electrons. The maximum Gasteiger partial charge on any atom is 0.137 e. The van der Waals surface area contributed by atoms with Crippen molar-refractivity contribution in [3.8, 4) is 0 Å². The molecule has 1 aliphatic carbocycles. The lowest BCUT2D eigenvalue weighted by Gasteiger charge is -2.21. The molecule has 74 valence electrons. The quantitative estimate of drug-likeness (QED) is 0.699. The molecule has 3 heteroatoms. The third-order valence-electron chi connectivity index (χ3n) is 2.26. The van der Waals surface area contributed by atoms with Gasteiger partial charge in [-0.25, -0.2) is 8.78 Å². The predicted octanol–water partition coefficient (Wildman–Crippen LogP) is 3.81. The summed E-state index contributed by atoms with van der Waals surface area (Å²) < 4.78 is 26.6. The molecule has 1 unspecified atom stereocenters. The van der Waals surface area contributed by atoms with Crippen LogP contribution in [-0.2, 0) is 6.42 Å². The molecule has 1 aromatic heterocycles. The second kappa shape index (κ2) is 3.65. The van der Waals surface area contributed by atoms with E-state index in [1.165, 1.54) is 18.2 Å². The predicted molar refractivity (Wildman–Crippen MR) is 54.8 cm³/mol. The summed E-state index contributed by atoms with van der Waals surface area (Å²) in [6.07, 6.45) is 4.28. The van der Waals surface area contributed by atoms with Crippen LogP contribution >= 0.6 is 11.3 Å². The van der Waals surface area contributed by atoms with Crippen molar-refractivity contribution in [1.29, 1.82) is 0 Å². The second-order valence-electron chi connectivity index (χ2n) is 3.47. The zero-order valence-electron chi connectivity index (χ0n) is 7.54. The van der Waals surface area contributed by atoms with Crippen LogP contribution in [0.4, 0.5) is 8.78 Å². The van der Waals surface area contributed by atoms with Crippen molar-refractivity contribution in [2.75, 3.05) is 0 Å². The standard InChI is InChI=1S/C11H10F2S/c12-10-1-4-11(13,5-2-10)7-9-3-6-14-8-9/h1-4,6,8H,5,7H2. The second-order valence-corrected chi connectivity index (χ2v) is 4.25. The summed E-state index contributed by atoms with van der Waals surface area (Å²) in [6, 6.07) is 1.90. The van der Waals surface area contributed by atoms with Crippen LogP contribution in [0.2, 0.25) is 0 Å². The van der Waals surface area contributed by atoms with Gasteiger partial charge in [-0.1, -0.05) is 0 Å². The summed E-state index contributed by atoms with van der Waals surface area (Å²) in [4.78, 5) is 0. The molecule has 0 fully saturated rings. The number of halogens is 2. The Morgan fingerprint density at radius 3 is 2.93 bits per heavy atom. The zero-order chi connectivity index (χ0) is 10.0. The molecule has 0 spiro atoms. The number of allylic oxidation sites excluding steroid dienone is 4. The lowest BCUT2D eigenvalue weighted by atomic mass is 9.91. The topological polar surface area (TPSA) is 0 Å². The number of thiophene rings is 1. The van der Waals surface area contributed by atoms with Gasteiger partial charge in [-0.2, -0.15) is 11.3 Å². The summed E-state index contributed by atoms with van der Waals surface area (Å²) in [6.45, 7) is 0. The van der Waals surface area contributed by atoms with Crippen molar-refractivity contribution in [1.82, 2.24) is 0 Å². The molecule has 0 saturated heterocycles. The molecule has 0 aliphatic heterocycles. The van der Waals surface area contributed by atoms with Crippen molar-refractivity contribution in [2.45, 2.75) is 18.5 Å². The van der Waals surface area contributed by atoms with Crippen LogP contribution in [-0.4, -0.2) is 5.67 Å². The number of rotatable bonds is 2. The van der Waals surface area contributed by atoms with Crippen molar-refractivity contribution >= 4 is 11.3 Å². The summed E-state index contributed by atoms with van der Waals surface area (Å²) in [5.41, 5.74) is -0.436. The van der Waals surface area contributed by atoms with E-state index in [9.17, 15) is 8.78 Å². The zero-order valence-corrected chi connectivity index (χ0v) is 8.36. The van der Waals surface area contributed by atoms with E-state index in [0.29, 0.717) is 6.42 Å². The van der Waals surface area contributed by atoms with Gasteiger partial charge in [0.15, 0.2) is 0 Å². The SMILES string of the molecule is FC1=CCC(F)(Cc2ccsc2)C=C1. The van der Waals surface area contributed by atoms with E-state index < -0.39 is 5.67 Å². The van der Waals surface area contributed by atoms with Gasteiger partial charge in [0.05, 0.1) is 0 Å². The summed E-state index contributed by atoms with van der Waals surface area (Å²) in [7, 11) is 0. The van der Waals surface area contributed by atoms with Crippen LogP contribution in [0.15, 0.2) is 40.9 Å². The maximum absolute atomic E-state index is 14.0. The first kappa shape index (κ1) is 9.59. The van der Waals surface area contributed by atoms with Crippen LogP contribution in [0.3, 0.4) is 0 Å². The third-order valence-corrected chi connectivity index (χ3v) is 2.99. The minimum Gasteiger partial charge on any atom is -0.239 e. The first-order chi connectivity index (χ1) is 6.68. The maximum atomic E-state index is 14.0. The molecule has 0 amide bonds. The Bertz CT molecular complexity index is 365. The minimum atomic E-state index is -1.41. The fourth-order valence-electron chi connectivity index (χ4n) is 1.50. The molecule has 14 heavy (non-hydrogen) atoms. The molecule has 1 aromatic rings. The van der Waals surface area contributed by atoms with Crippen molar-refractivity contribution in [2.24, 2.45) is 0 Å². The van der Waals surface area contributed by atoms with Crippen LogP contribution in [0.25, 0.3) is 0 Å². The molecule has 0 nitrogen and oxygen atoms in total. The van der Waals surface area contributed by atoms with Gasteiger partial charge in [-0.3, -0.25) is 0 Å². The highest BCUT2D eigenvalue weighted by atomic mass is 32.1. The molecule has 0 aromatic carbocycles. The lowest BCUT2D eigenvalue weighted by Crippen LogP contribution is -2.23. The van der Waals surface area contributed by atoms with E-state index in [2.05, 4.69) is 0 Å². The molecular formula is C11H10F2S. The van der Waals surface area contributed by atoms with Gasteiger partial charge in [-0.05, 0) is 40.6 Å². The van der Waals surface area contributed by atoms with E-state index in [4.69, 9.17) is 0 Å². The van der Waals surface area contributed by atoms with Gasteiger partial charge in [0.2, 0.25) is 0 Å². The van der Waals surface area contributed by atoms with Crippen LogP contribution in [0.5, 0.6) is 0 Å². The molecular weight excluding hydrogens is 202 g/mol. The normalized spacial score (nSPS) is 26.3. The minimum absolute atomic E-state index is 0.130. The Morgan fingerprint density at radius 2 is 2.36 bits per heavy atom. The largest absolute Gasteiger partial charge is 0.239 e. The average Bonchev–Trinajstić information content (AvgIpc) is 2.63. The Labute approximate surface area is 85.6 Å². The molecule has 1 atom stereocenters. The van der Waals surface area contributed by atoms with E-state index in [1.54, 1.807) is 11.3 Å². The Kier molecular flexibility index (Phi) is 2.50. The van der Waals surface area contributed by atoms with Gasteiger partial charge >= 0.3 is 0 Å². The van der Waals surface area contributed by atoms with Gasteiger partial charge in [-0.15, -0.1) is 0 Å². The van der Waals surface area contributed by atoms with Gasteiger partial charge in [0, 0.05) is 12.8 Å². The molecule has 0 saturated carbocycles. The van der Waals surface area contributed by atoms with Crippen molar-refractivity contribution < 1.29 is 8.78 Å². The molecule has 0 N–H and O–H groups in total. The Balaban J connectivity index is 2.09. The van der Waals surface area contributed by atoms with E-state index in [-0.39, 0.29) is 12.2 Å². The van der Waals surface area contributed by atoms with Crippen LogP contribution < -0.4 is 0 Å².